The number of aromatic nitrogens is 5. The molecule has 4 aromatic rings. The number of nitrogens with zero attached hydrogens (tertiary/aromatic N) is 5. The predicted molar refractivity (Wildman–Crippen MR) is 97.5 cm³/mol. The molecule has 0 aliphatic heterocycles. The fourth-order valence-electron chi connectivity index (χ4n) is 2.82. The van der Waals surface area contributed by atoms with E-state index in [4.69, 9.17) is 4.52 Å². The fourth-order valence-corrected chi connectivity index (χ4v) is 2.82. The molecule has 4 rings (SSSR count). The molecule has 0 aliphatic rings. The highest BCUT2D eigenvalue weighted by Crippen LogP contribution is 2.20. The molecule has 0 unspecified atom stereocenters. The summed E-state index contributed by atoms with van der Waals surface area (Å²) in [6.45, 7) is 2.73. The van der Waals surface area contributed by atoms with Crippen LogP contribution in [0.15, 0.2) is 66.0 Å². The lowest BCUT2D eigenvalue weighted by molar-refractivity contribution is 0.368. The van der Waals surface area contributed by atoms with Crippen LogP contribution in [-0.2, 0) is 13.6 Å². The summed E-state index contributed by atoms with van der Waals surface area (Å²) in [6, 6.07) is 10.5. The van der Waals surface area contributed by atoms with Gasteiger partial charge in [-0.15, -0.1) is 0 Å². The Balaban J connectivity index is 1.42. The second-order valence-corrected chi connectivity index (χ2v) is 6.25. The molecule has 26 heavy (non-hydrogen) atoms. The Morgan fingerprint density at radius 1 is 1.27 bits per heavy atom. The second kappa shape index (κ2) is 6.97. The zero-order valence-corrected chi connectivity index (χ0v) is 14.7. The minimum Gasteiger partial charge on any atom is -0.359 e. The first-order chi connectivity index (χ1) is 12.7. The Morgan fingerprint density at radius 3 is 2.96 bits per heavy atom. The molecule has 0 saturated carbocycles. The van der Waals surface area contributed by atoms with E-state index in [-0.39, 0.29) is 6.04 Å². The van der Waals surface area contributed by atoms with Crippen molar-refractivity contribution in [1.82, 2.24) is 29.8 Å². The van der Waals surface area contributed by atoms with Gasteiger partial charge in [0.25, 0.3) is 0 Å². The van der Waals surface area contributed by atoms with E-state index in [1.807, 2.05) is 30.1 Å². The highest BCUT2D eigenvalue weighted by molar-refractivity contribution is 5.56. The molecule has 3 aromatic heterocycles. The molecule has 1 aromatic carbocycles. The maximum Gasteiger partial charge on any atom is 0.151 e. The van der Waals surface area contributed by atoms with E-state index in [0.29, 0.717) is 6.54 Å². The summed E-state index contributed by atoms with van der Waals surface area (Å²) in [5.74, 6) is 0.793. The highest BCUT2D eigenvalue weighted by Gasteiger charge is 2.11. The average molecular weight is 348 g/mol. The van der Waals surface area contributed by atoms with Gasteiger partial charge in [-0.25, -0.2) is 4.98 Å². The van der Waals surface area contributed by atoms with Crippen LogP contribution in [0.3, 0.4) is 0 Å². The molecule has 132 valence electrons. The molecule has 0 bridgehead atoms. The van der Waals surface area contributed by atoms with Gasteiger partial charge in [0.15, 0.2) is 5.76 Å². The Morgan fingerprint density at radius 2 is 2.19 bits per heavy atom. The van der Waals surface area contributed by atoms with E-state index >= 15 is 0 Å². The van der Waals surface area contributed by atoms with Gasteiger partial charge in [0.2, 0.25) is 0 Å². The van der Waals surface area contributed by atoms with Crippen LogP contribution < -0.4 is 5.32 Å². The van der Waals surface area contributed by atoms with Gasteiger partial charge in [0.05, 0.1) is 19.1 Å². The SMILES string of the molecule is C[C@H](NCc1cc(-c2cnn(C)c2)no1)c1cccc(-n2ccnc2)c1. The quantitative estimate of drug-likeness (QED) is 0.579. The van der Waals surface area contributed by atoms with Gasteiger partial charge in [-0.05, 0) is 24.6 Å². The minimum atomic E-state index is 0.172. The molecule has 1 N–H and O–H groups in total. The highest BCUT2D eigenvalue weighted by atomic mass is 16.5. The van der Waals surface area contributed by atoms with Crippen molar-refractivity contribution in [2.75, 3.05) is 0 Å². The molecule has 3 heterocycles. The lowest BCUT2D eigenvalue weighted by Crippen LogP contribution is -2.17. The van der Waals surface area contributed by atoms with Gasteiger partial charge < -0.3 is 14.4 Å². The minimum absolute atomic E-state index is 0.172. The molecule has 0 saturated heterocycles. The van der Waals surface area contributed by atoms with Gasteiger partial charge >= 0.3 is 0 Å². The summed E-state index contributed by atoms with van der Waals surface area (Å²) < 4.78 is 9.18. The molecule has 1 atom stereocenters. The Labute approximate surface area is 151 Å². The molecule has 0 amide bonds. The Bertz CT molecular complexity index is 985. The standard InChI is InChI=1S/C19H20N6O/c1-14(15-4-3-5-17(8-15)25-7-6-20-13-25)21-11-18-9-19(23-26-18)16-10-22-24(2)12-16/h3-10,12-14,21H,11H2,1-2H3/t14-/m0/s1. The third kappa shape index (κ3) is 3.43. The zero-order valence-electron chi connectivity index (χ0n) is 14.7. The lowest BCUT2D eigenvalue weighted by atomic mass is 10.1. The summed E-state index contributed by atoms with van der Waals surface area (Å²) in [5, 5.41) is 11.8. The monoisotopic (exact) mass is 348 g/mol. The number of nitrogens with one attached hydrogen (secondary N) is 1. The van der Waals surface area contributed by atoms with Crippen LogP contribution >= 0.6 is 0 Å². The first-order valence-electron chi connectivity index (χ1n) is 8.45. The molecular weight excluding hydrogens is 328 g/mol. The molecule has 0 radical (unpaired) electrons. The predicted octanol–water partition coefficient (Wildman–Crippen LogP) is 3.11. The summed E-state index contributed by atoms with van der Waals surface area (Å²) in [6.07, 6.45) is 9.20. The maximum absolute atomic E-state index is 5.44. The van der Waals surface area contributed by atoms with E-state index in [9.17, 15) is 0 Å². The van der Waals surface area contributed by atoms with Crippen LogP contribution in [0.2, 0.25) is 0 Å². The topological polar surface area (TPSA) is 73.7 Å². The zero-order chi connectivity index (χ0) is 17.9. The first kappa shape index (κ1) is 16.3. The van der Waals surface area contributed by atoms with Gasteiger partial charge in [0.1, 0.15) is 5.69 Å². The van der Waals surface area contributed by atoms with E-state index in [2.05, 4.69) is 51.7 Å². The number of aryl methyl sites for hydroxylation is 1. The molecule has 0 fully saturated rings. The van der Waals surface area contributed by atoms with Crippen molar-refractivity contribution in [2.24, 2.45) is 7.05 Å². The molecule has 0 spiro atoms. The van der Waals surface area contributed by atoms with Crippen molar-refractivity contribution in [3.63, 3.8) is 0 Å². The van der Waals surface area contributed by atoms with Gasteiger partial charge in [-0.1, -0.05) is 17.3 Å². The van der Waals surface area contributed by atoms with Gasteiger partial charge in [0, 0.05) is 49.0 Å². The number of hydrogen-bond acceptors (Lipinski definition) is 5. The smallest absolute Gasteiger partial charge is 0.151 e. The summed E-state index contributed by atoms with van der Waals surface area (Å²) >= 11 is 0. The van der Waals surface area contributed by atoms with E-state index in [1.54, 1.807) is 23.4 Å². The lowest BCUT2D eigenvalue weighted by Gasteiger charge is -2.14. The summed E-state index contributed by atoms with van der Waals surface area (Å²) in [4.78, 5) is 4.10. The normalized spacial score (nSPS) is 12.4. The van der Waals surface area contributed by atoms with Gasteiger partial charge in [-0.2, -0.15) is 5.10 Å². The second-order valence-electron chi connectivity index (χ2n) is 6.25. The average Bonchev–Trinajstić information content (AvgIpc) is 3.41. The summed E-state index contributed by atoms with van der Waals surface area (Å²) in [7, 11) is 1.88. The first-order valence-corrected chi connectivity index (χ1v) is 8.45. The van der Waals surface area contributed by atoms with E-state index in [1.165, 1.54) is 5.56 Å². The fraction of sp³-hybridized carbons (Fsp3) is 0.211. The van der Waals surface area contributed by atoms with Crippen LogP contribution in [0.4, 0.5) is 0 Å². The number of imidazole rings is 1. The Kier molecular flexibility index (Phi) is 4.37. The van der Waals surface area contributed by atoms with Crippen LogP contribution in [0.1, 0.15) is 24.3 Å². The number of benzene rings is 1. The van der Waals surface area contributed by atoms with Crippen molar-refractivity contribution in [2.45, 2.75) is 19.5 Å². The Hall–Kier alpha value is -3.19. The van der Waals surface area contributed by atoms with Crippen molar-refractivity contribution >= 4 is 0 Å². The van der Waals surface area contributed by atoms with E-state index < -0.39 is 0 Å². The molecular formula is C19H20N6O. The van der Waals surface area contributed by atoms with Crippen LogP contribution in [-0.4, -0.2) is 24.5 Å². The third-order valence-electron chi connectivity index (χ3n) is 4.31. The van der Waals surface area contributed by atoms with Crippen LogP contribution in [0.25, 0.3) is 16.9 Å². The van der Waals surface area contributed by atoms with Gasteiger partial charge in [-0.3, -0.25) is 4.68 Å². The van der Waals surface area contributed by atoms with Crippen LogP contribution in [0, 0.1) is 0 Å². The van der Waals surface area contributed by atoms with Crippen LogP contribution in [0.5, 0.6) is 0 Å². The van der Waals surface area contributed by atoms with Crippen molar-refractivity contribution < 1.29 is 4.52 Å². The largest absolute Gasteiger partial charge is 0.359 e. The van der Waals surface area contributed by atoms with Crippen molar-refractivity contribution in [3.05, 3.63) is 72.8 Å². The molecule has 7 nitrogen and oxygen atoms in total. The third-order valence-corrected chi connectivity index (χ3v) is 4.31. The summed E-state index contributed by atoms with van der Waals surface area (Å²) in [5.41, 5.74) is 4.03. The van der Waals surface area contributed by atoms with E-state index in [0.717, 1.165) is 22.7 Å². The van der Waals surface area contributed by atoms with Crippen molar-refractivity contribution in [3.8, 4) is 16.9 Å². The molecule has 7 heteroatoms. The number of rotatable bonds is 6. The van der Waals surface area contributed by atoms with Crippen molar-refractivity contribution in [1.29, 1.82) is 0 Å². The maximum atomic E-state index is 5.44. The number of hydrogen-bond donors (Lipinski definition) is 1. The molecule has 0 aliphatic carbocycles.